The summed E-state index contributed by atoms with van der Waals surface area (Å²) in [6.07, 6.45) is 49.6. The minimum atomic E-state index is 0.245. The molecule has 272 valence electrons. The van der Waals surface area contributed by atoms with Crippen LogP contribution in [-0.4, -0.2) is 46.2 Å². The van der Waals surface area contributed by atoms with Crippen LogP contribution in [0.1, 0.15) is 96.0 Å². The van der Waals surface area contributed by atoms with Gasteiger partial charge in [0.2, 0.25) is 0 Å². The average molecular weight is 693 g/mol. The van der Waals surface area contributed by atoms with Crippen LogP contribution in [0.2, 0.25) is 0 Å². The van der Waals surface area contributed by atoms with Crippen molar-refractivity contribution >= 4 is 5.57 Å². The van der Waals surface area contributed by atoms with Gasteiger partial charge in [-0.2, -0.15) is 0 Å². The first kappa shape index (κ1) is 33.4. The second kappa shape index (κ2) is 14.3. The molecule has 52 heavy (non-hydrogen) atoms. The van der Waals surface area contributed by atoms with Crippen molar-refractivity contribution in [1.82, 2.24) is 9.80 Å². The minimum Gasteiger partial charge on any atom is -0.370 e. The Morgan fingerprint density at radius 1 is 0.750 bits per heavy atom. The number of nitrogens with zero attached hydrogens (tertiary/aromatic N) is 2. The molecular formula is C49H60N2O. The lowest BCUT2D eigenvalue weighted by Crippen LogP contribution is -2.51. The normalized spacial score (nSPS) is 42.1. The van der Waals surface area contributed by atoms with E-state index in [1.807, 2.05) is 0 Å². The quantitative estimate of drug-likeness (QED) is 0.276. The van der Waals surface area contributed by atoms with E-state index < -0.39 is 0 Å². The van der Waals surface area contributed by atoms with Crippen molar-refractivity contribution in [2.75, 3.05) is 0 Å². The van der Waals surface area contributed by atoms with E-state index in [9.17, 15) is 0 Å². The first-order valence-corrected chi connectivity index (χ1v) is 21.5. The fourth-order valence-corrected chi connectivity index (χ4v) is 13.2. The number of benzene rings is 1. The van der Waals surface area contributed by atoms with Crippen molar-refractivity contribution < 1.29 is 4.74 Å². The van der Waals surface area contributed by atoms with Crippen LogP contribution in [0.5, 0.6) is 0 Å². The van der Waals surface area contributed by atoms with Crippen LogP contribution in [-0.2, 0) is 4.74 Å². The Balaban J connectivity index is 1.05. The van der Waals surface area contributed by atoms with Gasteiger partial charge in [-0.05, 0) is 112 Å². The summed E-state index contributed by atoms with van der Waals surface area (Å²) in [5.74, 6) is 4.65. The summed E-state index contributed by atoms with van der Waals surface area (Å²) in [4.78, 5) is 5.99. The van der Waals surface area contributed by atoms with E-state index in [-0.39, 0.29) is 6.10 Å². The maximum atomic E-state index is 6.92. The Bertz CT molecular complexity index is 1720. The molecule has 0 spiro atoms. The van der Waals surface area contributed by atoms with E-state index in [0.29, 0.717) is 65.8 Å². The van der Waals surface area contributed by atoms with E-state index >= 15 is 0 Å². The number of rotatable bonds is 6. The van der Waals surface area contributed by atoms with E-state index in [1.165, 1.54) is 86.7 Å². The van der Waals surface area contributed by atoms with Gasteiger partial charge in [-0.1, -0.05) is 123 Å². The predicted octanol–water partition coefficient (Wildman–Crippen LogP) is 11.0. The topological polar surface area (TPSA) is 15.7 Å². The van der Waals surface area contributed by atoms with Crippen molar-refractivity contribution in [2.45, 2.75) is 127 Å². The summed E-state index contributed by atoms with van der Waals surface area (Å²) in [5, 5.41) is 0. The van der Waals surface area contributed by atoms with Crippen molar-refractivity contribution in [2.24, 2.45) is 41.4 Å². The Morgan fingerprint density at radius 3 is 2.50 bits per heavy atom. The third kappa shape index (κ3) is 5.76. The average Bonchev–Trinajstić information content (AvgIpc) is 3.76. The van der Waals surface area contributed by atoms with E-state index in [1.54, 1.807) is 0 Å². The van der Waals surface area contributed by atoms with Gasteiger partial charge in [-0.25, -0.2) is 0 Å². The number of allylic oxidation sites excluding steroid dienone is 9. The smallest absolute Gasteiger partial charge is 0.0811 e. The van der Waals surface area contributed by atoms with E-state index in [2.05, 4.69) is 126 Å². The van der Waals surface area contributed by atoms with Gasteiger partial charge in [-0.15, -0.1) is 0 Å². The molecule has 3 heteroatoms. The molecule has 9 aliphatic rings. The van der Waals surface area contributed by atoms with Crippen LogP contribution in [0.25, 0.3) is 5.57 Å². The highest BCUT2D eigenvalue weighted by Gasteiger charge is 2.56. The number of hydrogen-bond donors (Lipinski definition) is 0. The van der Waals surface area contributed by atoms with Gasteiger partial charge >= 0.3 is 0 Å². The van der Waals surface area contributed by atoms with Gasteiger partial charge in [0.15, 0.2) is 0 Å². The fraction of sp³-hybridized carbons (Fsp3) is 0.551. The molecule has 3 nitrogen and oxygen atoms in total. The molecule has 2 saturated carbocycles. The Labute approximate surface area is 313 Å². The molecule has 1 aromatic carbocycles. The lowest BCUT2D eigenvalue weighted by molar-refractivity contribution is 0.0288. The van der Waals surface area contributed by atoms with Crippen LogP contribution < -0.4 is 0 Å². The lowest BCUT2D eigenvalue weighted by Gasteiger charge is -2.47. The zero-order valence-electron chi connectivity index (χ0n) is 31.4. The summed E-state index contributed by atoms with van der Waals surface area (Å²) in [6, 6.07) is 13.5. The molecule has 0 bridgehead atoms. The van der Waals surface area contributed by atoms with Gasteiger partial charge < -0.3 is 9.64 Å². The molecule has 2 aliphatic heterocycles. The Kier molecular flexibility index (Phi) is 9.17. The number of fused-ring (bicyclic) bond motifs is 6. The molecule has 2 heterocycles. The van der Waals surface area contributed by atoms with Crippen LogP contribution in [0, 0.1) is 41.4 Å². The maximum Gasteiger partial charge on any atom is 0.0811 e. The molecule has 2 saturated heterocycles. The van der Waals surface area contributed by atoms with E-state index in [0.717, 1.165) is 25.2 Å². The first-order chi connectivity index (χ1) is 25.7. The van der Waals surface area contributed by atoms with Crippen LogP contribution in [0.3, 0.4) is 0 Å². The minimum absolute atomic E-state index is 0.245. The molecular weight excluding hydrogens is 633 g/mol. The predicted molar refractivity (Wildman–Crippen MR) is 214 cm³/mol. The zero-order valence-corrected chi connectivity index (χ0v) is 31.4. The van der Waals surface area contributed by atoms with E-state index in [4.69, 9.17) is 4.74 Å². The van der Waals surface area contributed by atoms with Crippen molar-refractivity contribution in [3.05, 3.63) is 126 Å². The van der Waals surface area contributed by atoms with Gasteiger partial charge in [0.1, 0.15) is 0 Å². The molecule has 7 aliphatic carbocycles. The van der Waals surface area contributed by atoms with Crippen LogP contribution in [0.4, 0.5) is 0 Å². The third-order valence-corrected chi connectivity index (χ3v) is 15.3. The molecule has 0 amide bonds. The molecule has 13 atom stereocenters. The number of ether oxygens (including phenoxy) is 1. The second-order valence-corrected chi connectivity index (χ2v) is 17.8. The first-order valence-electron chi connectivity index (χ1n) is 21.5. The van der Waals surface area contributed by atoms with Crippen LogP contribution >= 0.6 is 0 Å². The van der Waals surface area contributed by atoms with Gasteiger partial charge in [0.05, 0.1) is 12.2 Å². The standard InChI is InChI=1S/C49H60N2O/c1-33-38(34-16-5-2-6-17-34)29-30-40-42-32-37(28-31-44(42)51(49(33)40)36-20-9-4-10-21-36)50(43-24-13-11-22-39(43)35-18-7-3-8-19-35)45-25-15-27-47-48(45)41-23-12-14-26-46(41)52-47/h2-9,15-16,18-19,22,24,27-28,31-34,36,38,40-42,44-49H,10-14,17,20-21,23,25-26,29-30H2,1H3. The SMILES string of the molecule is CC1C(C2C=CC=CC2)CCC2C3C=C(N(C4=CCCC=C4c4ccccc4)C4CC=CC5OC6CCCCC6C54)C=CC3N(C3CC=CCC3)C12. The molecule has 10 rings (SSSR count). The molecule has 0 aromatic heterocycles. The molecule has 4 fully saturated rings. The lowest BCUT2D eigenvalue weighted by atomic mass is 9.63. The second-order valence-electron chi connectivity index (χ2n) is 17.8. The zero-order chi connectivity index (χ0) is 34.6. The molecule has 13 unspecified atom stereocenters. The molecule has 0 radical (unpaired) electrons. The summed E-state index contributed by atoms with van der Waals surface area (Å²) >= 11 is 0. The van der Waals surface area contributed by atoms with Gasteiger partial charge in [0, 0.05) is 53.0 Å². The van der Waals surface area contributed by atoms with Crippen molar-refractivity contribution in [3.63, 3.8) is 0 Å². The highest BCUT2D eigenvalue weighted by molar-refractivity contribution is 5.80. The van der Waals surface area contributed by atoms with Gasteiger partial charge in [0.25, 0.3) is 0 Å². The van der Waals surface area contributed by atoms with Gasteiger partial charge in [-0.3, -0.25) is 4.90 Å². The molecule has 0 N–H and O–H groups in total. The fourth-order valence-electron chi connectivity index (χ4n) is 13.2. The maximum absolute atomic E-state index is 6.92. The Morgan fingerprint density at radius 2 is 1.63 bits per heavy atom. The van der Waals surface area contributed by atoms with Crippen molar-refractivity contribution in [1.29, 1.82) is 0 Å². The summed E-state index contributed by atoms with van der Waals surface area (Å²) < 4.78 is 6.92. The number of likely N-dealkylation sites (tertiary alicyclic amines) is 1. The van der Waals surface area contributed by atoms with Crippen molar-refractivity contribution in [3.8, 4) is 0 Å². The summed E-state index contributed by atoms with van der Waals surface area (Å²) in [5.41, 5.74) is 5.70. The summed E-state index contributed by atoms with van der Waals surface area (Å²) in [7, 11) is 0. The number of hydrogen-bond acceptors (Lipinski definition) is 3. The highest BCUT2D eigenvalue weighted by atomic mass is 16.5. The highest BCUT2D eigenvalue weighted by Crippen LogP contribution is 2.55. The monoisotopic (exact) mass is 692 g/mol. The molecule has 1 aromatic rings. The van der Waals surface area contributed by atoms with Crippen LogP contribution in [0.15, 0.2) is 121 Å². The Hall–Kier alpha value is -3.14. The largest absolute Gasteiger partial charge is 0.370 e. The third-order valence-electron chi connectivity index (χ3n) is 15.3. The summed E-state index contributed by atoms with van der Waals surface area (Å²) in [6.45, 7) is 2.65.